The highest BCUT2D eigenvalue weighted by Crippen LogP contribution is 2.39. The van der Waals surface area contributed by atoms with Crippen molar-refractivity contribution < 1.29 is 8.82 Å². The first-order valence-corrected chi connectivity index (χ1v) is 8.77. The van der Waals surface area contributed by atoms with Gasteiger partial charge >= 0.3 is 0 Å². The SMILES string of the molecule is N#Cc1c2oc(-c3ccccc3)cc(-c3ccccc3)c-2[n+]2ccccc12. The van der Waals surface area contributed by atoms with E-state index in [2.05, 4.69) is 24.3 Å². The van der Waals surface area contributed by atoms with Gasteiger partial charge in [-0.15, -0.1) is 0 Å². The summed E-state index contributed by atoms with van der Waals surface area (Å²) in [6, 6.07) is 30.4. The normalized spacial score (nSPS) is 10.9. The Hall–Kier alpha value is -3.90. The number of benzene rings is 2. The van der Waals surface area contributed by atoms with E-state index in [-0.39, 0.29) is 0 Å². The molecular weight excluding hydrogens is 332 g/mol. The number of pyridine rings is 1. The van der Waals surface area contributed by atoms with Crippen LogP contribution < -0.4 is 4.40 Å². The number of nitrogens with zero attached hydrogens (tertiary/aromatic N) is 2. The number of nitriles is 1. The highest BCUT2D eigenvalue weighted by Gasteiger charge is 2.33. The lowest BCUT2D eigenvalue weighted by atomic mass is 10.00. The Morgan fingerprint density at radius 3 is 2.15 bits per heavy atom. The quantitative estimate of drug-likeness (QED) is 0.405. The van der Waals surface area contributed by atoms with E-state index in [0.717, 1.165) is 33.7 Å². The van der Waals surface area contributed by atoms with Crippen LogP contribution >= 0.6 is 0 Å². The lowest BCUT2D eigenvalue weighted by Crippen LogP contribution is -2.20. The molecule has 0 radical (unpaired) electrons. The van der Waals surface area contributed by atoms with Gasteiger partial charge in [-0.3, -0.25) is 0 Å². The molecule has 3 aromatic rings. The fraction of sp³-hybridized carbons (Fsp3) is 0. The number of hydrogen-bond donors (Lipinski definition) is 0. The largest absolute Gasteiger partial charge is 0.448 e. The van der Waals surface area contributed by atoms with Crippen molar-refractivity contribution in [3.63, 3.8) is 0 Å². The van der Waals surface area contributed by atoms with E-state index in [1.54, 1.807) is 0 Å². The van der Waals surface area contributed by atoms with Gasteiger partial charge in [-0.05, 0) is 17.7 Å². The summed E-state index contributed by atoms with van der Waals surface area (Å²) >= 11 is 0. The third-order valence-electron chi connectivity index (χ3n) is 4.80. The maximum Gasteiger partial charge on any atom is 0.263 e. The van der Waals surface area contributed by atoms with Crippen molar-refractivity contribution in [2.75, 3.05) is 0 Å². The summed E-state index contributed by atoms with van der Waals surface area (Å²) < 4.78 is 8.31. The summed E-state index contributed by atoms with van der Waals surface area (Å²) in [6.07, 6.45) is 1.97. The molecule has 2 aliphatic rings. The van der Waals surface area contributed by atoms with Crippen LogP contribution in [0.1, 0.15) is 5.56 Å². The molecule has 0 spiro atoms. The molecule has 0 amide bonds. The molecule has 5 rings (SSSR count). The fourth-order valence-corrected chi connectivity index (χ4v) is 3.57. The summed E-state index contributed by atoms with van der Waals surface area (Å²) in [7, 11) is 0. The van der Waals surface area contributed by atoms with Gasteiger partial charge in [-0.25, -0.2) is 0 Å². The lowest BCUT2D eigenvalue weighted by molar-refractivity contribution is -0.496. The Bertz CT molecular complexity index is 1260. The van der Waals surface area contributed by atoms with Crippen LogP contribution in [0.2, 0.25) is 0 Å². The molecule has 0 saturated heterocycles. The first-order chi connectivity index (χ1) is 13.4. The summed E-state index contributed by atoms with van der Waals surface area (Å²) in [5.41, 5.74) is 5.42. The third kappa shape index (κ3) is 2.39. The van der Waals surface area contributed by atoms with Gasteiger partial charge in [-0.1, -0.05) is 60.7 Å². The van der Waals surface area contributed by atoms with Crippen LogP contribution in [0.3, 0.4) is 0 Å². The molecule has 3 heteroatoms. The Kier molecular flexibility index (Phi) is 3.48. The Balaban J connectivity index is 1.95. The maximum atomic E-state index is 9.82. The number of aromatic nitrogens is 1. The van der Waals surface area contributed by atoms with Crippen molar-refractivity contribution in [3.05, 3.63) is 96.7 Å². The zero-order valence-electron chi connectivity index (χ0n) is 14.5. The van der Waals surface area contributed by atoms with Gasteiger partial charge in [0.25, 0.3) is 5.69 Å². The third-order valence-corrected chi connectivity index (χ3v) is 4.80. The van der Waals surface area contributed by atoms with Crippen molar-refractivity contribution in [1.29, 1.82) is 5.26 Å². The van der Waals surface area contributed by atoms with Crippen molar-refractivity contribution in [2.24, 2.45) is 0 Å². The smallest absolute Gasteiger partial charge is 0.263 e. The monoisotopic (exact) mass is 347 g/mol. The van der Waals surface area contributed by atoms with E-state index in [4.69, 9.17) is 4.42 Å². The van der Waals surface area contributed by atoms with Gasteiger partial charge in [-0.2, -0.15) is 9.66 Å². The molecule has 2 aliphatic heterocycles. The number of rotatable bonds is 2. The maximum absolute atomic E-state index is 9.82. The minimum Gasteiger partial charge on any atom is -0.448 e. The van der Waals surface area contributed by atoms with E-state index < -0.39 is 0 Å². The van der Waals surface area contributed by atoms with Gasteiger partial charge in [0.1, 0.15) is 11.8 Å². The topological polar surface area (TPSA) is 41.0 Å². The summed E-state index contributed by atoms with van der Waals surface area (Å²) in [6.45, 7) is 0. The molecule has 3 nitrogen and oxygen atoms in total. The molecule has 0 bridgehead atoms. The lowest BCUT2D eigenvalue weighted by Gasteiger charge is -2.08. The van der Waals surface area contributed by atoms with E-state index in [0.29, 0.717) is 11.3 Å². The molecule has 3 heterocycles. The Morgan fingerprint density at radius 2 is 1.44 bits per heavy atom. The van der Waals surface area contributed by atoms with Crippen LogP contribution in [0, 0.1) is 11.3 Å². The van der Waals surface area contributed by atoms with Crippen LogP contribution in [0.4, 0.5) is 0 Å². The fourth-order valence-electron chi connectivity index (χ4n) is 3.57. The molecule has 2 aromatic carbocycles. The molecule has 0 atom stereocenters. The molecule has 1 aromatic heterocycles. The van der Waals surface area contributed by atoms with Crippen molar-refractivity contribution >= 4 is 5.52 Å². The second kappa shape index (κ2) is 6.12. The molecule has 126 valence electrons. The van der Waals surface area contributed by atoms with Crippen molar-refractivity contribution in [1.82, 2.24) is 0 Å². The molecule has 0 saturated carbocycles. The van der Waals surface area contributed by atoms with Crippen LogP contribution in [-0.2, 0) is 0 Å². The van der Waals surface area contributed by atoms with Gasteiger partial charge in [0.15, 0.2) is 11.8 Å². The summed E-state index contributed by atoms with van der Waals surface area (Å²) in [4.78, 5) is 0. The zero-order valence-corrected chi connectivity index (χ0v) is 14.5. The molecule has 27 heavy (non-hydrogen) atoms. The highest BCUT2D eigenvalue weighted by atomic mass is 16.3. The second-order valence-corrected chi connectivity index (χ2v) is 6.38. The number of hydrogen-bond acceptors (Lipinski definition) is 2. The Morgan fingerprint density at radius 1 is 0.778 bits per heavy atom. The van der Waals surface area contributed by atoms with Crippen LogP contribution in [0.15, 0.2) is 95.5 Å². The van der Waals surface area contributed by atoms with Crippen LogP contribution in [-0.4, -0.2) is 0 Å². The molecular formula is C24H15N2O+. The first kappa shape index (κ1) is 15.4. The molecule has 0 N–H and O–H groups in total. The second-order valence-electron chi connectivity index (χ2n) is 6.38. The number of fused-ring (bicyclic) bond motifs is 3. The van der Waals surface area contributed by atoms with Crippen molar-refractivity contribution in [3.8, 4) is 40.0 Å². The average Bonchev–Trinajstić information content (AvgIpc) is 3.08. The minimum atomic E-state index is 0.556. The van der Waals surface area contributed by atoms with Gasteiger partial charge < -0.3 is 4.42 Å². The van der Waals surface area contributed by atoms with Crippen LogP contribution in [0.5, 0.6) is 0 Å². The zero-order chi connectivity index (χ0) is 18.2. The van der Waals surface area contributed by atoms with Crippen molar-refractivity contribution in [2.45, 2.75) is 0 Å². The molecule has 0 aliphatic carbocycles. The van der Waals surface area contributed by atoms with E-state index in [9.17, 15) is 5.26 Å². The standard InChI is InChI=1S/C24H15N2O/c25-16-20-21-13-7-8-14-26(21)23-19(17-9-3-1-4-10-17)15-22(27-24(20)23)18-11-5-2-6-12-18/h1-15H/q+1. The van der Waals surface area contributed by atoms with E-state index >= 15 is 0 Å². The average molecular weight is 347 g/mol. The predicted octanol–water partition coefficient (Wildman–Crippen LogP) is 5.33. The van der Waals surface area contributed by atoms with Gasteiger partial charge in [0.2, 0.25) is 11.3 Å². The van der Waals surface area contributed by atoms with Gasteiger partial charge in [0.05, 0.1) is 5.56 Å². The van der Waals surface area contributed by atoms with Gasteiger partial charge in [0, 0.05) is 17.7 Å². The van der Waals surface area contributed by atoms with E-state index in [1.807, 2.05) is 77.3 Å². The van der Waals surface area contributed by atoms with Crippen LogP contribution in [0.25, 0.3) is 39.4 Å². The molecule has 0 fully saturated rings. The first-order valence-electron chi connectivity index (χ1n) is 8.77. The Labute approximate surface area is 156 Å². The molecule has 0 unspecified atom stereocenters. The van der Waals surface area contributed by atoms with E-state index in [1.165, 1.54) is 0 Å². The summed E-state index contributed by atoms with van der Waals surface area (Å²) in [5.74, 6) is 1.36. The summed E-state index contributed by atoms with van der Waals surface area (Å²) in [5, 5.41) is 9.82. The predicted molar refractivity (Wildman–Crippen MR) is 104 cm³/mol. The highest BCUT2D eigenvalue weighted by molar-refractivity contribution is 5.86. The minimum absolute atomic E-state index is 0.556.